The Hall–Kier alpha value is -1.96. The fourth-order valence-electron chi connectivity index (χ4n) is 3.58. The first-order valence-electron chi connectivity index (χ1n) is 10.1. The highest BCUT2D eigenvalue weighted by molar-refractivity contribution is 5.90. The van der Waals surface area contributed by atoms with Crippen molar-refractivity contribution >= 4 is 18.3 Å². The van der Waals surface area contributed by atoms with Crippen molar-refractivity contribution in [2.24, 2.45) is 5.73 Å². The molecule has 7 nitrogen and oxygen atoms in total. The third-order valence-electron chi connectivity index (χ3n) is 5.18. The lowest BCUT2D eigenvalue weighted by Gasteiger charge is -2.31. The Morgan fingerprint density at radius 1 is 1.28 bits per heavy atom. The first kappa shape index (κ1) is 23.3. The fraction of sp³-hybridized carbons (Fsp3) is 0.571. The van der Waals surface area contributed by atoms with Crippen molar-refractivity contribution in [3.63, 3.8) is 0 Å². The van der Waals surface area contributed by atoms with Gasteiger partial charge in [-0.05, 0) is 50.3 Å². The molecule has 0 spiro atoms. The third-order valence-corrected chi connectivity index (χ3v) is 5.18. The summed E-state index contributed by atoms with van der Waals surface area (Å²) in [6, 6.07) is 8.13. The van der Waals surface area contributed by atoms with Crippen molar-refractivity contribution in [2.45, 2.75) is 52.1 Å². The van der Waals surface area contributed by atoms with Crippen molar-refractivity contribution < 1.29 is 9.53 Å². The summed E-state index contributed by atoms with van der Waals surface area (Å²) in [6.07, 6.45) is 2.76. The topological polar surface area (TPSA) is 86.3 Å². The number of likely N-dealkylation sites (tertiary alicyclic amines) is 1. The molecule has 1 aliphatic rings. The van der Waals surface area contributed by atoms with E-state index in [1.54, 1.807) is 4.68 Å². The maximum atomic E-state index is 12.9. The van der Waals surface area contributed by atoms with Gasteiger partial charge in [0.25, 0.3) is 5.91 Å². The number of rotatable bonds is 7. The smallest absolute Gasteiger partial charge is 0.293 e. The largest absolute Gasteiger partial charge is 0.378 e. The number of amides is 1. The van der Waals surface area contributed by atoms with Crippen molar-refractivity contribution in [2.75, 3.05) is 26.2 Å². The normalized spacial score (nSPS) is 14.9. The third kappa shape index (κ3) is 5.56. The van der Waals surface area contributed by atoms with Gasteiger partial charge in [0.15, 0.2) is 0 Å². The number of carbonyl (C=O) groups is 1. The number of halogens is 1. The molecule has 29 heavy (non-hydrogen) atoms. The van der Waals surface area contributed by atoms with Crippen LogP contribution in [0, 0.1) is 6.92 Å². The number of aromatic nitrogens is 3. The maximum absolute atomic E-state index is 12.9. The summed E-state index contributed by atoms with van der Waals surface area (Å²) in [5, 5.41) is 4.55. The zero-order valence-corrected chi connectivity index (χ0v) is 18.3. The van der Waals surface area contributed by atoms with Gasteiger partial charge in [0.2, 0.25) is 5.82 Å². The summed E-state index contributed by atoms with van der Waals surface area (Å²) >= 11 is 0. The van der Waals surface area contributed by atoms with Crippen LogP contribution in [0.5, 0.6) is 0 Å². The van der Waals surface area contributed by atoms with Crippen molar-refractivity contribution in [1.29, 1.82) is 0 Å². The molecule has 0 radical (unpaired) electrons. The van der Waals surface area contributed by atoms with Crippen LogP contribution >= 0.6 is 12.4 Å². The van der Waals surface area contributed by atoms with E-state index < -0.39 is 0 Å². The molecule has 1 aromatic heterocycles. The van der Waals surface area contributed by atoms with Crippen LogP contribution in [-0.4, -0.2) is 57.9 Å². The first-order chi connectivity index (χ1) is 13.5. The minimum Gasteiger partial charge on any atom is -0.378 e. The molecule has 0 aliphatic carbocycles. The van der Waals surface area contributed by atoms with E-state index in [2.05, 4.69) is 30.0 Å². The second-order valence-corrected chi connectivity index (χ2v) is 7.61. The number of ether oxygens (including phenoxy) is 1. The van der Waals surface area contributed by atoms with Crippen LogP contribution in [0.2, 0.25) is 0 Å². The molecule has 2 aromatic rings. The zero-order chi connectivity index (χ0) is 20.1. The van der Waals surface area contributed by atoms with E-state index in [1.807, 2.05) is 30.0 Å². The highest BCUT2D eigenvalue weighted by Gasteiger charge is 2.27. The summed E-state index contributed by atoms with van der Waals surface area (Å²) in [5.41, 5.74) is 7.67. The van der Waals surface area contributed by atoms with Crippen molar-refractivity contribution in [1.82, 2.24) is 19.7 Å². The van der Waals surface area contributed by atoms with E-state index in [0.29, 0.717) is 32.2 Å². The highest BCUT2D eigenvalue weighted by Crippen LogP contribution is 2.23. The van der Waals surface area contributed by atoms with E-state index in [0.717, 1.165) is 30.8 Å². The summed E-state index contributed by atoms with van der Waals surface area (Å²) < 4.78 is 7.60. The van der Waals surface area contributed by atoms with Gasteiger partial charge in [-0.15, -0.1) is 17.5 Å². The fourth-order valence-corrected chi connectivity index (χ4v) is 3.58. The Morgan fingerprint density at radius 3 is 2.62 bits per heavy atom. The number of hydrogen-bond donors (Lipinski definition) is 1. The molecule has 1 aromatic carbocycles. The van der Waals surface area contributed by atoms with Gasteiger partial charge in [-0.3, -0.25) is 4.79 Å². The standard InChI is InChI=1S/C21H31N5O2.ClH/c1-15(2)18-7-4-5-8-19(18)26-16(3)23-20(24-26)21(27)25-12-9-17(10-13-25)28-14-6-11-22;/h4-5,7-8,15,17H,6,9-14,22H2,1-3H3;1H. The summed E-state index contributed by atoms with van der Waals surface area (Å²) in [7, 11) is 0. The maximum Gasteiger partial charge on any atom is 0.293 e. The number of aryl methyl sites for hydroxylation is 1. The predicted molar refractivity (Wildman–Crippen MR) is 116 cm³/mol. The van der Waals surface area contributed by atoms with Gasteiger partial charge in [0, 0.05) is 19.7 Å². The molecule has 0 bridgehead atoms. The van der Waals surface area contributed by atoms with Gasteiger partial charge in [0.1, 0.15) is 5.82 Å². The molecule has 1 fully saturated rings. The molecule has 3 rings (SSSR count). The molecule has 1 saturated heterocycles. The Bertz CT molecular complexity index is 800. The van der Waals surface area contributed by atoms with Crippen LogP contribution < -0.4 is 5.73 Å². The Kier molecular flexibility index (Phi) is 8.61. The molecule has 160 valence electrons. The Balaban J connectivity index is 0.00000300. The average molecular weight is 422 g/mol. The Morgan fingerprint density at radius 2 is 1.97 bits per heavy atom. The predicted octanol–water partition coefficient (Wildman–Crippen LogP) is 3.09. The number of carbonyl (C=O) groups excluding carboxylic acids is 1. The van der Waals surface area contributed by atoms with E-state index in [9.17, 15) is 4.79 Å². The molecular formula is C21H32ClN5O2. The highest BCUT2D eigenvalue weighted by atomic mass is 35.5. The number of nitrogens with two attached hydrogens (primary N) is 1. The van der Waals surface area contributed by atoms with Gasteiger partial charge >= 0.3 is 0 Å². The van der Waals surface area contributed by atoms with Crippen LogP contribution in [-0.2, 0) is 4.74 Å². The number of piperidine rings is 1. The Labute approximate surface area is 179 Å². The second-order valence-electron chi connectivity index (χ2n) is 7.61. The van der Waals surface area contributed by atoms with E-state index >= 15 is 0 Å². The minimum absolute atomic E-state index is 0. The molecule has 8 heteroatoms. The molecule has 2 heterocycles. The van der Waals surface area contributed by atoms with Crippen molar-refractivity contribution in [3.05, 3.63) is 41.5 Å². The lowest BCUT2D eigenvalue weighted by Crippen LogP contribution is -2.41. The molecule has 0 saturated carbocycles. The number of nitrogens with zero attached hydrogens (tertiary/aromatic N) is 4. The summed E-state index contributed by atoms with van der Waals surface area (Å²) in [5.74, 6) is 1.23. The molecule has 2 N–H and O–H groups in total. The SMILES string of the molecule is Cc1nc(C(=O)N2CCC(OCCCN)CC2)nn1-c1ccccc1C(C)C.Cl. The van der Waals surface area contributed by atoms with E-state index in [-0.39, 0.29) is 30.2 Å². The first-order valence-corrected chi connectivity index (χ1v) is 10.1. The van der Waals surface area contributed by atoms with Crippen molar-refractivity contribution in [3.8, 4) is 5.69 Å². The van der Waals surface area contributed by atoms with Gasteiger partial charge < -0.3 is 15.4 Å². The van der Waals surface area contributed by atoms with Gasteiger partial charge in [-0.25, -0.2) is 9.67 Å². The number of benzene rings is 1. The van der Waals surface area contributed by atoms with Gasteiger partial charge in [0.05, 0.1) is 11.8 Å². The lowest BCUT2D eigenvalue weighted by molar-refractivity contribution is 0.00812. The average Bonchev–Trinajstić information content (AvgIpc) is 3.09. The molecule has 0 atom stereocenters. The van der Waals surface area contributed by atoms with E-state index in [4.69, 9.17) is 10.5 Å². The summed E-state index contributed by atoms with van der Waals surface area (Å²) in [6.45, 7) is 8.86. The monoisotopic (exact) mass is 421 g/mol. The zero-order valence-electron chi connectivity index (χ0n) is 17.5. The second kappa shape index (κ2) is 10.7. The van der Waals surface area contributed by atoms with Crippen LogP contribution in [0.1, 0.15) is 61.0 Å². The van der Waals surface area contributed by atoms with E-state index in [1.165, 1.54) is 5.56 Å². The van der Waals surface area contributed by atoms with Crippen LogP contribution in [0.3, 0.4) is 0 Å². The lowest BCUT2D eigenvalue weighted by atomic mass is 10.0. The number of para-hydroxylation sites is 1. The molecular weight excluding hydrogens is 390 g/mol. The van der Waals surface area contributed by atoms with Crippen LogP contribution in [0.4, 0.5) is 0 Å². The van der Waals surface area contributed by atoms with Gasteiger partial charge in [-0.1, -0.05) is 32.0 Å². The van der Waals surface area contributed by atoms with Gasteiger partial charge in [-0.2, -0.15) is 0 Å². The summed E-state index contributed by atoms with van der Waals surface area (Å²) in [4.78, 5) is 19.2. The minimum atomic E-state index is -0.107. The van der Waals surface area contributed by atoms with Crippen LogP contribution in [0.25, 0.3) is 5.69 Å². The molecule has 1 amide bonds. The number of hydrogen-bond acceptors (Lipinski definition) is 5. The quantitative estimate of drug-likeness (QED) is 0.694. The van der Waals surface area contributed by atoms with Crippen LogP contribution in [0.15, 0.2) is 24.3 Å². The molecule has 1 aliphatic heterocycles. The molecule has 0 unspecified atom stereocenters.